The van der Waals surface area contributed by atoms with Crippen LogP contribution >= 0.6 is 22.7 Å². The number of aromatic nitrogens is 2. The maximum absolute atomic E-state index is 13.9. The molecule has 1 atom stereocenters. The third-order valence-electron chi connectivity index (χ3n) is 7.01. The molecule has 0 radical (unpaired) electrons. The van der Waals surface area contributed by atoms with Crippen LogP contribution in [0.5, 0.6) is 5.75 Å². The van der Waals surface area contributed by atoms with Crippen molar-refractivity contribution in [2.75, 3.05) is 5.73 Å². The lowest BCUT2D eigenvalue weighted by molar-refractivity contribution is 0.0982. The van der Waals surface area contributed by atoms with Crippen molar-refractivity contribution in [2.45, 2.75) is 31.1 Å². The van der Waals surface area contributed by atoms with Gasteiger partial charge in [0, 0.05) is 4.70 Å². The standard InChI is InChI=1S/C31H26N4O4S3/c1-17-13-14-24(39-19(3)20-9-5-4-6-10-20)27-22(30(36)35-42(37,38)26-16-33-31(32)41-26)15-23(34-28(17)27)29-18(2)21-11-7-8-12-25(21)40-29/h4-16,19H,1-3H3,(H2,32,33)(H,35,36)/t19-/m1/s1. The van der Waals surface area contributed by atoms with Crippen LogP contribution in [0.2, 0.25) is 0 Å². The summed E-state index contributed by atoms with van der Waals surface area (Å²) >= 11 is 2.35. The van der Waals surface area contributed by atoms with Crippen LogP contribution in [-0.2, 0) is 10.0 Å². The Morgan fingerprint density at radius 1 is 1.00 bits per heavy atom. The Labute approximate surface area is 250 Å². The van der Waals surface area contributed by atoms with E-state index in [0.29, 0.717) is 22.3 Å². The van der Waals surface area contributed by atoms with Gasteiger partial charge < -0.3 is 10.5 Å². The van der Waals surface area contributed by atoms with Gasteiger partial charge in [0.05, 0.1) is 33.2 Å². The van der Waals surface area contributed by atoms with Crippen molar-refractivity contribution >= 4 is 64.7 Å². The summed E-state index contributed by atoms with van der Waals surface area (Å²) in [6.45, 7) is 5.84. The number of nitrogens with two attached hydrogens (primary N) is 1. The van der Waals surface area contributed by atoms with Gasteiger partial charge in [0.15, 0.2) is 9.34 Å². The first kappa shape index (κ1) is 27.8. The van der Waals surface area contributed by atoms with Gasteiger partial charge in [0.1, 0.15) is 11.9 Å². The largest absolute Gasteiger partial charge is 0.485 e. The first-order chi connectivity index (χ1) is 20.1. The number of nitrogens with one attached hydrogen (secondary N) is 1. The molecule has 8 nitrogen and oxygen atoms in total. The molecular weight excluding hydrogens is 589 g/mol. The van der Waals surface area contributed by atoms with Crippen molar-refractivity contribution in [2.24, 2.45) is 0 Å². The summed E-state index contributed by atoms with van der Waals surface area (Å²) in [5.74, 6) is -0.388. The number of benzene rings is 3. The van der Waals surface area contributed by atoms with E-state index < -0.39 is 15.9 Å². The van der Waals surface area contributed by atoms with Gasteiger partial charge in [-0.25, -0.2) is 23.1 Å². The highest BCUT2D eigenvalue weighted by Crippen LogP contribution is 2.41. The van der Waals surface area contributed by atoms with Crippen LogP contribution in [-0.4, -0.2) is 24.3 Å². The van der Waals surface area contributed by atoms with Gasteiger partial charge in [0.25, 0.3) is 15.9 Å². The van der Waals surface area contributed by atoms with Crippen LogP contribution in [0.4, 0.5) is 5.13 Å². The van der Waals surface area contributed by atoms with Gasteiger partial charge >= 0.3 is 0 Å². The molecule has 0 saturated heterocycles. The maximum Gasteiger partial charge on any atom is 0.275 e. The molecule has 212 valence electrons. The van der Waals surface area contributed by atoms with Crippen LogP contribution in [0.1, 0.15) is 40.1 Å². The Morgan fingerprint density at radius 3 is 2.45 bits per heavy atom. The zero-order chi connectivity index (χ0) is 29.6. The Hall–Kier alpha value is -4.32. The zero-order valence-corrected chi connectivity index (χ0v) is 25.4. The second-order valence-electron chi connectivity index (χ2n) is 9.83. The Balaban J connectivity index is 1.54. The first-order valence-corrected chi connectivity index (χ1v) is 16.2. The van der Waals surface area contributed by atoms with E-state index in [2.05, 4.69) is 15.8 Å². The van der Waals surface area contributed by atoms with Gasteiger partial charge in [-0.2, -0.15) is 0 Å². The molecule has 3 N–H and O–H groups in total. The number of thiophene rings is 1. The zero-order valence-electron chi connectivity index (χ0n) is 22.9. The predicted molar refractivity (Wildman–Crippen MR) is 169 cm³/mol. The van der Waals surface area contributed by atoms with Gasteiger partial charge in [-0.1, -0.05) is 65.9 Å². The monoisotopic (exact) mass is 614 g/mol. The number of carbonyl (C=O) groups excluding carboxylic acids is 1. The minimum absolute atomic E-state index is 0.0842. The fourth-order valence-corrected chi connectivity index (χ4v) is 7.91. The molecule has 3 heterocycles. The molecule has 1 amide bonds. The summed E-state index contributed by atoms with van der Waals surface area (Å²) in [6, 6.07) is 23.1. The van der Waals surface area contributed by atoms with Crippen LogP contribution in [0.3, 0.4) is 0 Å². The molecule has 6 aromatic rings. The molecule has 0 aliphatic carbocycles. The molecule has 0 spiro atoms. The van der Waals surface area contributed by atoms with Crippen molar-refractivity contribution in [3.8, 4) is 16.3 Å². The van der Waals surface area contributed by atoms with Crippen LogP contribution < -0.4 is 15.2 Å². The molecule has 3 aromatic carbocycles. The van der Waals surface area contributed by atoms with E-state index in [1.807, 2.05) is 75.4 Å². The van der Waals surface area contributed by atoms with E-state index in [0.717, 1.165) is 49.2 Å². The lowest BCUT2D eigenvalue weighted by Crippen LogP contribution is -2.30. The van der Waals surface area contributed by atoms with E-state index in [1.54, 1.807) is 23.5 Å². The van der Waals surface area contributed by atoms with Gasteiger partial charge in [-0.15, -0.1) is 11.3 Å². The number of amides is 1. The highest BCUT2D eigenvalue weighted by Gasteiger charge is 2.26. The van der Waals surface area contributed by atoms with Crippen LogP contribution in [0.15, 0.2) is 83.2 Å². The number of ether oxygens (including phenoxy) is 1. The Morgan fingerprint density at radius 2 is 1.74 bits per heavy atom. The third-order valence-corrected chi connectivity index (χ3v) is 10.9. The predicted octanol–water partition coefficient (Wildman–Crippen LogP) is 7.03. The second-order valence-corrected chi connectivity index (χ2v) is 13.9. The number of nitrogen functional groups attached to an aromatic ring is 1. The van der Waals surface area contributed by atoms with Crippen molar-refractivity contribution in [1.29, 1.82) is 0 Å². The van der Waals surface area contributed by atoms with Crippen molar-refractivity contribution in [3.63, 3.8) is 0 Å². The minimum atomic E-state index is -4.23. The average molecular weight is 615 g/mol. The topological polar surface area (TPSA) is 124 Å². The highest BCUT2D eigenvalue weighted by atomic mass is 32.2. The molecule has 42 heavy (non-hydrogen) atoms. The molecule has 0 aliphatic heterocycles. The van der Waals surface area contributed by atoms with E-state index in [9.17, 15) is 13.2 Å². The number of anilines is 1. The maximum atomic E-state index is 13.9. The summed E-state index contributed by atoms with van der Waals surface area (Å²) in [5.41, 5.74) is 9.71. The van der Waals surface area contributed by atoms with E-state index >= 15 is 0 Å². The van der Waals surface area contributed by atoms with Crippen molar-refractivity contribution in [3.05, 3.63) is 101 Å². The van der Waals surface area contributed by atoms with E-state index in [1.165, 1.54) is 0 Å². The van der Waals surface area contributed by atoms with Crippen molar-refractivity contribution < 1.29 is 17.9 Å². The third kappa shape index (κ3) is 5.11. The molecular formula is C31H26N4O4S3. The van der Waals surface area contributed by atoms with Gasteiger partial charge in [0.2, 0.25) is 0 Å². The normalized spacial score (nSPS) is 12.5. The average Bonchev–Trinajstić information content (AvgIpc) is 3.58. The van der Waals surface area contributed by atoms with Crippen LogP contribution in [0, 0.1) is 13.8 Å². The summed E-state index contributed by atoms with van der Waals surface area (Å²) in [7, 11) is -4.23. The first-order valence-electron chi connectivity index (χ1n) is 13.1. The number of hydrogen-bond donors (Lipinski definition) is 2. The molecule has 0 saturated carbocycles. The summed E-state index contributed by atoms with van der Waals surface area (Å²) in [6.07, 6.45) is 0.786. The van der Waals surface area contributed by atoms with E-state index in [-0.39, 0.29) is 21.0 Å². The molecule has 0 unspecified atom stereocenters. The smallest absolute Gasteiger partial charge is 0.275 e. The fraction of sp³-hybridized carbons (Fsp3) is 0.129. The number of fused-ring (bicyclic) bond motifs is 2. The molecule has 0 bridgehead atoms. The lowest BCUT2D eigenvalue weighted by atomic mass is 10.0. The Kier molecular flexibility index (Phi) is 7.17. The Bertz CT molecular complexity index is 2090. The summed E-state index contributed by atoms with van der Waals surface area (Å²) in [4.78, 5) is 23.6. The number of pyridine rings is 1. The number of thiazole rings is 1. The van der Waals surface area contributed by atoms with Gasteiger partial charge in [-0.3, -0.25) is 4.79 Å². The minimum Gasteiger partial charge on any atom is -0.485 e. The number of nitrogens with zero attached hydrogens (tertiary/aromatic N) is 2. The number of sulfonamides is 1. The van der Waals surface area contributed by atoms with Crippen LogP contribution in [0.25, 0.3) is 31.6 Å². The van der Waals surface area contributed by atoms with E-state index in [4.69, 9.17) is 15.5 Å². The molecule has 0 aliphatic rings. The van der Waals surface area contributed by atoms with Crippen molar-refractivity contribution in [1.82, 2.24) is 14.7 Å². The SMILES string of the molecule is Cc1c(-c2cc(C(=O)NS(=O)(=O)c3cnc(N)s3)c3c(O[C@H](C)c4ccccc4)ccc(C)c3n2)sc2ccccc12. The molecule has 0 fully saturated rings. The van der Waals surface area contributed by atoms with Gasteiger partial charge in [-0.05, 0) is 61.0 Å². The lowest BCUT2D eigenvalue weighted by Gasteiger charge is -2.19. The second kappa shape index (κ2) is 10.8. The molecule has 6 rings (SSSR count). The molecule has 3 aromatic heterocycles. The molecule has 11 heteroatoms. The number of carbonyl (C=O) groups is 1. The number of hydrogen-bond acceptors (Lipinski definition) is 9. The number of rotatable bonds is 7. The summed E-state index contributed by atoms with van der Waals surface area (Å²) in [5, 5.41) is 1.61. The number of aryl methyl sites for hydroxylation is 2. The quantitative estimate of drug-likeness (QED) is 0.198. The summed E-state index contributed by atoms with van der Waals surface area (Å²) < 4.78 is 35.8. The fourth-order valence-electron chi connectivity index (χ4n) is 4.86. The highest BCUT2D eigenvalue weighted by molar-refractivity contribution is 7.92.